The van der Waals surface area contributed by atoms with Gasteiger partial charge in [0.1, 0.15) is 247 Å². The molecule has 0 N–H and O–H groups in total. The van der Waals surface area contributed by atoms with Crippen LogP contribution >= 0.6 is 0 Å². The summed E-state index contributed by atoms with van der Waals surface area (Å²) in [5.74, 6) is 0. The van der Waals surface area contributed by atoms with Crippen molar-refractivity contribution in [1.82, 2.24) is 0 Å². The van der Waals surface area contributed by atoms with Crippen LogP contribution in [0.5, 0.6) is 0 Å². The fourth-order valence-corrected chi connectivity index (χ4v) is 11.8. The first-order chi connectivity index (χ1) is 37.8. The maximum atomic E-state index is 7.38. The van der Waals surface area contributed by atoms with Gasteiger partial charge in [0.15, 0.2) is 0 Å². The van der Waals surface area contributed by atoms with Crippen LogP contribution in [0.3, 0.4) is 0 Å². The zero-order chi connectivity index (χ0) is 59.6. The summed E-state index contributed by atoms with van der Waals surface area (Å²) in [7, 11) is 205. The molecule has 31 heteroatoms. The minimum Gasteiger partial charge on any atom is -0.457 e. The first-order valence-electron chi connectivity index (χ1n) is 23.8. The monoisotopic (exact) mass is 946 g/mol. The van der Waals surface area contributed by atoms with Gasteiger partial charge in [-0.1, -0.05) is 115 Å². The van der Waals surface area contributed by atoms with Gasteiger partial charge < -0.3 is 4.42 Å². The second-order valence-corrected chi connectivity index (χ2v) is 19.9. The van der Waals surface area contributed by atoms with Crippen LogP contribution in [0.1, 0.15) is 0 Å². The SMILES string of the molecule is [B]c1c([B])c(-c2c3c([B])c([B])c([B])c([B])c3c(-c3c([B])c([B])c4oc5c([B])c6c([B])c([B])c([B])c([B])c6c([B])c5c4c3[B])c3c([B])c([B])c([B])c([B])c23)c([B])c([B])c1-c1c([B])c([B])c2c([B])c([B])c3c([B])c([B])c([B])c([B])c3c2c1[B]. The van der Waals surface area contributed by atoms with Crippen LogP contribution in [0.4, 0.5) is 0 Å². The smallest absolute Gasteiger partial charge is 0.128 e. The van der Waals surface area contributed by atoms with Gasteiger partial charge in [0.05, 0.1) is 0 Å². The topological polar surface area (TPSA) is 13.1 Å². The van der Waals surface area contributed by atoms with Crippen molar-refractivity contribution in [3.8, 4) is 33.4 Å². The number of fused-ring (bicyclic) bond motifs is 9. The van der Waals surface area contributed by atoms with Gasteiger partial charge in [0.25, 0.3) is 0 Å². The van der Waals surface area contributed by atoms with Crippen molar-refractivity contribution in [3.05, 3.63) is 0 Å². The van der Waals surface area contributed by atoms with E-state index in [1.165, 1.54) is 0 Å². The molecule has 81 heavy (non-hydrogen) atoms. The second kappa shape index (κ2) is 19.4. The molecule has 0 amide bonds. The maximum Gasteiger partial charge on any atom is 0.128 e. The summed E-state index contributed by atoms with van der Waals surface area (Å²) < 4.78 is 6.38. The summed E-state index contributed by atoms with van der Waals surface area (Å²) in [6, 6.07) is 0. The van der Waals surface area contributed by atoms with Crippen LogP contribution in [-0.4, -0.2) is 235 Å². The van der Waals surface area contributed by atoms with E-state index in [2.05, 4.69) is 0 Å². The minimum atomic E-state index is -0.300. The molecule has 11 aromatic rings. The van der Waals surface area contributed by atoms with Crippen molar-refractivity contribution < 1.29 is 4.42 Å². The van der Waals surface area contributed by atoms with Gasteiger partial charge in [-0.15, -0.1) is 43.7 Å². The van der Waals surface area contributed by atoms with E-state index < -0.39 is 0 Å². The van der Waals surface area contributed by atoms with Gasteiger partial charge in [-0.25, -0.2) is 0 Å². The highest BCUT2D eigenvalue weighted by molar-refractivity contribution is 6.79. The van der Waals surface area contributed by atoms with E-state index in [4.69, 9.17) is 240 Å². The Morgan fingerprint density at radius 3 is 0.667 bits per heavy atom. The quantitative estimate of drug-likeness (QED) is 0.0977. The average molecular weight is 941 g/mol. The van der Waals surface area contributed by atoms with Crippen molar-refractivity contribution in [2.24, 2.45) is 0 Å². The molecule has 0 unspecified atom stereocenters. The molecule has 0 fully saturated rings. The van der Waals surface area contributed by atoms with Crippen LogP contribution in [0, 0.1) is 0 Å². The Labute approximate surface area is 509 Å². The highest BCUT2D eigenvalue weighted by Gasteiger charge is 2.32. The lowest BCUT2D eigenvalue weighted by Gasteiger charge is -2.33. The molecule has 1 heterocycles. The predicted molar refractivity (Wildman–Crippen MR) is 379 cm³/mol. The lowest BCUT2D eigenvalue weighted by Crippen LogP contribution is -2.52. The average Bonchev–Trinajstić information content (AvgIpc) is 3.34. The Morgan fingerprint density at radius 2 is 0.296 bits per heavy atom. The highest BCUT2D eigenvalue weighted by atomic mass is 16.3. The van der Waals surface area contributed by atoms with E-state index in [0.717, 1.165) is 0 Å². The standard InChI is InChI=1S/C50B30O/c51-19-7-8-12(35(67)45(77)44(76)26(8)58)31(63)29(61)11(7)30(62)32(64)13(19)15-33(65)27(59)10(28(60)34(15)66)2-5-3(22(54)40(72)42(74)24(5)56)1(4-6(2)25(57)43(75)41(73)23(4)55)9-20(52)18-17-21(53)14-16(37(69)47(79)46(78)36(14)68)39(71)49(17)81-50(18)48(80)38(9)70. The molecule has 60 radical (unpaired) electrons. The summed E-state index contributed by atoms with van der Waals surface area (Å²) >= 11 is 0. The number of hydrogen-bond donors (Lipinski definition) is 0. The maximum absolute atomic E-state index is 7.38. The molecule has 1 aromatic heterocycles. The van der Waals surface area contributed by atoms with Crippen molar-refractivity contribution in [3.63, 3.8) is 0 Å². The minimum absolute atomic E-state index is 0.0254. The van der Waals surface area contributed by atoms with Gasteiger partial charge in [-0.3, -0.25) is 0 Å². The van der Waals surface area contributed by atoms with Crippen molar-refractivity contribution in [2.45, 2.75) is 0 Å². The number of furan rings is 1. The molecule has 0 saturated heterocycles. The molecule has 0 aliphatic rings. The molecule has 296 valence electrons. The van der Waals surface area contributed by atoms with Gasteiger partial charge in [0, 0.05) is 10.8 Å². The number of hydrogen-bond acceptors (Lipinski definition) is 1. The van der Waals surface area contributed by atoms with Crippen molar-refractivity contribution >= 4 is 475 Å². The largest absolute Gasteiger partial charge is 0.457 e. The van der Waals surface area contributed by atoms with Gasteiger partial charge in [-0.2, -0.15) is 0 Å². The van der Waals surface area contributed by atoms with Crippen LogP contribution in [-0.2, 0) is 0 Å². The van der Waals surface area contributed by atoms with Crippen LogP contribution < -0.4 is 164 Å². The van der Waals surface area contributed by atoms with E-state index in [1.54, 1.807) is 0 Å². The Morgan fingerprint density at radius 1 is 0.111 bits per heavy atom. The predicted octanol–water partition coefficient (Wildman–Crippen LogP) is -21.8. The second-order valence-electron chi connectivity index (χ2n) is 19.9. The number of rotatable bonds is 3. The van der Waals surface area contributed by atoms with Crippen molar-refractivity contribution in [2.75, 3.05) is 0 Å². The molecule has 0 bridgehead atoms. The van der Waals surface area contributed by atoms with Gasteiger partial charge in [-0.05, 0) is 92.7 Å². The van der Waals surface area contributed by atoms with Crippen LogP contribution in [0.15, 0.2) is 4.42 Å². The lowest BCUT2D eigenvalue weighted by atomic mass is 9.55. The molecule has 0 saturated carbocycles. The molecule has 0 atom stereocenters. The molecular weight excluding hydrogens is 941 g/mol. The Kier molecular flexibility index (Phi) is 13.9. The summed E-state index contributed by atoms with van der Waals surface area (Å²) in [6.07, 6.45) is 0. The molecule has 11 rings (SSSR count). The molecular formula is C50B30O. The van der Waals surface area contributed by atoms with E-state index >= 15 is 0 Å². The summed E-state index contributed by atoms with van der Waals surface area (Å²) in [6.45, 7) is 0. The summed E-state index contributed by atoms with van der Waals surface area (Å²) in [5, 5.41) is 0.687. The van der Waals surface area contributed by atoms with Crippen LogP contribution in [0.25, 0.3) is 109 Å². The zero-order valence-corrected chi connectivity index (χ0v) is 42.7. The lowest BCUT2D eigenvalue weighted by molar-refractivity contribution is 0.675. The molecule has 0 aliphatic carbocycles. The molecule has 1 nitrogen and oxygen atoms in total. The van der Waals surface area contributed by atoms with E-state index in [1.807, 2.05) is 0 Å². The third-order valence-corrected chi connectivity index (χ3v) is 16.0. The van der Waals surface area contributed by atoms with Gasteiger partial charge in [0.2, 0.25) is 0 Å². The van der Waals surface area contributed by atoms with E-state index in [0.29, 0.717) is 0 Å². The highest BCUT2D eigenvalue weighted by Crippen LogP contribution is 2.40. The Balaban J connectivity index is 1.34. The van der Waals surface area contributed by atoms with E-state index in [-0.39, 0.29) is 273 Å². The third kappa shape index (κ3) is 7.30. The number of benzene rings is 10. The van der Waals surface area contributed by atoms with Crippen LogP contribution in [0.2, 0.25) is 0 Å². The molecule has 10 aromatic carbocycles. The summed E-state index contributed by atoms with van der Waals surface area (Å²) in [5.41, 5.74) is -5.26. The third-order valence-electron chi connectivity index (χ3n) is 16.0. The fourth-order valence-electron chi connectivity index (χ4n) is 11.8. The Bertz CT molecular complexity index is 4820. The Hall–Kier alpha value is -4.75. The molecule has 0 aliphatic heterocycles. The first kappa shape index (κ1) is 58.0. The van der Waals surface area contributed by atoms with Gasteiger partial charge >= 0.3 is 0 Å². The molecule has 0 spiro atoms. The van der Waals surface area contributed by atoms with Crippen molar-refractivity contribution in [1.29, 1.82) is 0 Å². The first-order valence-corrected chi connectivity index (χ1v) is 23.8. The van der Waals surface area contributed by atoms with E-state index in [9.17, 15) is 0 Å². The fraction of sp³-hybridized carbons (Fsp3) is 0. The zero-order valence-electron chi connectivity index (χ0n) is 42.7. The summed E-state index contributed by atoms with van der Waals surface area (Å²) in [4.78, 5) is 0. The normalized spacial score (nSPS) is 12.0.